The van der Waals surface area contributed by atoms with E-state index in [1.165, 1.54) is 31.4 Å². The summed E-state index contributed by atoms with van der Waals surface area (Å²) in [5, 5.41) is 8.93. The van der Waals surface area contributed by atoms with Crippen LogP contribution in [0.5, 0.6) is 5.88 Å². The number of hydrogen-bond donors (Lipinski definition) is 0. The average molecular weight is 620 g/mol. The lowest BCUT2D eigenvalue weighted by atomic mass is 10.0. The Morgan fingerprint density at radius 1 is 0.891 bits per heavy atom. The van der Waals surface area contributed by atoms with Crippen molar-refractivity contribution < 1.29 is 27.4 Å². The number of carbonyl (C=O) groups excluding carboxylic acids is 1. The van der Waals surface area contributed by atoms with E-state index in [2.05, 4.69) is 15.0 Å². The second-order valence-corrected chi connectivity index (χ2v) is 10.3. The fourth-order valence-corrected chi connectivity index (χ4v) is 5.00. The van der Waals surface area contributed by atoms with Crippen molar-refractivity contribution in [3.8, 4) is 23.2 Å². The number of fused-ring (bicyclic) bond motifs is 1. The maximum Gasteiger partial charge on any atom is 0.337 e. The molecule has 11 heteroatoms. The predicted octanol–water partition coefficient (Wildman–Crippen LogP) is 6.79. The quantitative estimate of drug-likeness (QED) is 0.164. The number of nitrogens with zero attached hydrogens (tertiary/aromatic N) is 5. The number of nitriles is 1. The molecule has 6 rings (SSSR count). The predicted molar refractivity (Wildman–Crippen MR) is 162 cm³/mol. The zero-order valence-electron chi connectivity index (χ0n) is 24.4. The van der Waals surface area contributed by atoms with Crippen molar-refractivity contribution in [2.24, 2.45) is 0 Å². The number of carbonyl (C=O) groups is 1. The van der Waals surface area contributed by atoms with Crippen molar-refractivity contribution >= 4 is 17.0 Å². The molecule has 0 N–H and O–H groups in total. The van der Waals surface area contributed by atoms with Crippen LogP contribution in [0.3, 0.4) is 0 Å². The Kier molecular flexibility index (Phi) is 8.43. The molecule has 0 fully saturated rings. The number of aromatic nitrogens is 4. The minimum atomic E-state index is -0.709. The molecule has 0 saturated carbocycles. The van der Waals surface area contributed by atoms with Gasteiger partial charge in [0.2, 0.25) is 5.88 Å². The molecule has 0 saturated heterocycles. The molecule has 3 heterocycles. The van der Waals surface area contributed by atoms with E-state index in [1.54, 1.807) is 36.5 Å². The largest absolute Gasteiger partial charge is 0.473 e. The second kappa shape index (κ2) is 12.9. The van der Waals surface area contributed by atoms with Crippen molar-refractivity contribution in [1.82, 2.24) is 19.5 Å². The number of methoxy groups -OCH3 is 1. The van der Waals surface area contributed by atoms with Gasteiger partial charge in [0.1, 0.15) is 29.9 Å². The average Bonchev–Trinajstić information content (AvgIpc) is 3.41. The third kappa shape index (κ3) is 6.27. The van der Waals surface area contributed by atoms with Gasteiger partial charge in [-0.3, -0.25) is 4.98 Å². The monoisotopic (exact) mass is 619 g/mol. The third-order valence-corrected chi connectivity index (χ3v) is 7.34. The molecule has 8 nitrogen and oxygen atoms in total. The van der Waals surface area contributed by atoms with Crippen LogP contribution >= 0.6 is 0 Å². The van der Waals surface area contributed by atoms with Crippen LogP contribution in [0, 0.1) is 28.8 Å². The first-order valence-electron chi connectivity index (χ1n) is 14.1. The number of ether oxygens (including phenoxy) is 2. The van der Waals surface area contributed by atoms with Gasteiger partial charge >= 0.3 is 5.97 Å². The Balaban J connectivity index is 1.29. The second-order valence-electron chi connectivity index (χ2n) is 10.3. The number of esters is 1. The highest BCUT2D eigenvalue weighted by molar-refractivity contribution is 5.93. The normalized spacial score (nSPS) is 10.9. The van der Waals surface area contributed by atoms with Gasteiger partial charge in [-0.05, 0) is 66.2 Å². The SMILES string of the molecule is COC(=O)c1ccc2nc(Cc3cc(F)c(-c4cccc(OCc5ccc(C#N)cc5F)n4)cc3F)n(Cc3ccccn3)c2c1. The highest BCUT2D eigenvalue weighted by Crippen LogP contribution is 2.29. The van der Waals surface area contributed by atoms with Gasteiger partial charge in [0.15, 0.2) is 0 Å². The van der Waals surface area contributed by atoms with Gasteiger partial charge in [0.05, 0.1) is 53.3 Å². The molecule has 0 bridgehead atoms. The Morgan fingerprint density at radius 3 is 2.50 bits per heavy atom. The molecule has 0 aliphatic carbocycles. The Morgan fingerprint density at radius 2 is 1.74 bits per heavy atom. The molecule has 3 aromatic heterocycles. The van der Waals surface area contributed by atoms with Crippen LogP contribution < -0.4 is 4.74 Å². The van der Waals surface area contributed by atoms with E-state index in [4.69, 9.17) is 14.7 Å². The number of hydrogen-bond acceptors (Lipinski definition) is 7. The van der Waals surface area contributed by atoms with Crippen molar-refractivity contribution in [1.29, 1.82) is 5.26 Å². The minimum Gasteiger partial charge on any atom is -0.473 e. The Bertz CT molecular complexity index is 2130. The highest BCUT2D eigenvalue weighted by atomic mass is 19.1. The number of benzene rings is 3. The molecule has 6 aromatic rings. The van der Waals surface area contributed by atoms with Crippen LogP contribution in [-0.2, 0) is 24.3 Å². The van der Waals surface area contributed by atoms with Crippen molar-refractivity contribution in [3.63, 3.8) is 0 Å². The van der Waals surface area contributed by atoms with Gasteiger partial charge in [0, 0.05) is 29.8 Å². The fraction of sp³-hybridized carbons (Fsp3) is 0.114. The molecule has 0 radical (unpaired) electrons. The van der Waals surface area contributed by atoms with Crippen LogP contribution in [0.4, 0.5) is 13.2 Å². The summed E-state index contributed by atoms with van der Waals surface area (Å²) in [4.78, 5) is 25.6. The molecule has 0 atom stereocenters. The van der Waals surface area contributed by atoms with Gasteiger partial charge in [-0.25, -0.2) is 27.9 Å². The Hall–Kier alpha value is -6.02. The molecular weight excluding hydrogens is 595 g/mol. The van der Waals surface area contributed by atoms with Gasteiger partial charge in [-0.15, -0.1) is 0 Å². The van der Waals surface area contributed by atoms with E-state index in [1.807, 2.05) is 22.8 Å². The Labute approximate surface area is 261 Å². The first-order valence-corrected chi connectivity index (χ1v) is 14.1. The van der Waals surface area contributed by atoms with Crippen LogP contribution in [0.1, 0.15) is 38.6 Å². The lowest BCUT2D eigenvalue weighted by molar-refractivity contribution is 0.0601. The fourth-order valence-electron chi connectivity index (χ4n) is 5.00. The zero-order chi connectivity index (χ0) is 32.2. The molecule has 46 heavy (non-hydrogen) atoms. The molecule has 0 unspecified atom stereocenters. The molecule has 0 amide bonds. The summed E-state index contributed by atoms with van der Waals surface area (Å²) in [6.45, 7) is 0.104. The molecule has 3 aromatic carbocycles. The first kappa shape index (κ1) is 30.0. The van der Waals surface area contributed by atoms with Crippen molar-refractivity contribution in [2.75, 3.05) is 7.11 Å². The number of rotatable bonds is 9. The summed E-state index contributed by atoms with van der Waals surface area (Å²) >= 11 is 0. The number of pyridine rings is 2. The van der Waals surface area contributed by atoms with E-state index in [-0.39, 0.29) is 53.4 Å². The van der Waals surface area contributed by atoms with E-state index in [9.17, 15) is 9.18 Å². The minimum absolute atomic E-state index is 0.0508. The number of halogens is 3. The molecule has 0 spiro atoms. The van der Waals surface area contributed by atoms with Gasteiger partial charge < -0.3 is 14.0 Å². The summed E-state index contributed by atoms with van der Waals surface area (Å²) in [6, 6.07) is 23.0. The van der Waals surface area contributed by atoms with E-state index < -0.39 is 23.4 Å². The highest BCUT2D eigenvalue weighted by Gasteiger charge is 2.19. The van der Waals surface area contributed by atoms with Gasteiger partial charge in [0.25, 0.3) is 0 Å². The lowest BCUT2D eigenvalue weighted by Gasteiger charge is -2.12. The van der Waals surface area contributed by atoms with Crippen LogP contribution in [-0.4, -0.2) is 32.6 Å². The van der Waals surface area contributed by atoms with Crippen molar-refractivity contribution in [3.05, 3.63) is 142 Å². The standard InChI is InChI=1S/C35H24F3N5O3/c1-45-35(44)22-10-11-31-32(15-22)43(19-25-5-2-3-12-40-25)33(41-31)16-24-14-29(38)26(17-28(24)37)30-6-4-7-34(42-30)46-20-23-9-8-21(18-39)13-27(23)36/h2-15,17H,16,19-20H2,1H3. The topological polar surface area (TPSA) is 103 Å². The van der Waals surface area contributed by atoms with Gasteiger partial charge in [-0.2, -0.15) is 5.26 Å². The summed E-state index contributed by atoms with van der Waals surface area (Å²) in [5.74, 6) is -1.97. The van der Waals surface area contributed by atoms with Crippen LogP contribution in [0.25, 0.3) is 22.3 Å². The molecular formula is C35H24F3N5O3. The van der Waals surface area contributed by atoms with Crippen LogP contribution in [0.2, 0.25) is 0 Å². The summed E-state index contributed by atoms with van der Waals surface area (Å²) in [6.07, 6.45) is 1.60. The zero-order valence-corrected chi connectivity index (χ0v) is 24.4. The summed E-state index contributed by atoms with van der Waals surface area (Å²) < 4.78 is 57.7. The van der Waals surface area contributed by atoms with E-state index >= 15 is 8.78 Å². The number of imidazole rings is 1. The van der Waals surface area contributed by atoms with Crippen LogP contribution in [0.15, 0.2) is 91.1 Å². The van der Waals surface area contributed by atoms with E-state index in [0.29, 0.717) is 28.1 Å². The summed E-state index contributed by atoms with van der Waals surface area (Å²) in [5.41, 5.74) is 2.72. The smallest absolute Gasteiger partial charge is 0.337 e. The van der Waals surface area contributed by atoms with Crippen molar-refractivity contribution in [2.45, 2.75) is 19.6 Å². The molecule has 0 aliphatic rings. The summed E-state index contributed by atoms with van der Waals surface area (Å²) in [7, 11) is 1.29. The first-order chi connectivity index (χ1) is 22.3. The molecule has 228 valence electrons. The maximum absolute atomic E-state index is 15.6. The van der Waals surface area contributed by atoms with Gasteiger partial charge in [-0.1, -0.05) is 18.2 Å². The lowest BCUT2D eigenvalue weighted by Crippen LogP contribution is -2.09. The van der Waals surface area contributed by atoms with E-state index in [0.717, 1.165) is 18.2 Å². The molecule has 0 aliphatic heterocycles. The maximum atomic E-state index is 15.6. The third-order valence-electron chi connectivity index (χ3n) is 7.34.